The molecule has 4 heteroatoms. The van der Waals surface area contributed by atoms with E-state index in [0.717, 1.165) is 37.4 Å². The number of ether oxygens (including phenoxy) is 1. The zero-order valence-electron chi connectivity index (χ0n) is 13.0. The Morgan fingerprint density at radius 1 is 1.38 bits per heavy atom. The van der Waals surface area contributed by atoms with Crippen molar-refractivity contribution in [3.8, 4) is 5.75 Å². The number of aryl methyl sites for hydroxylation is 2. The minimum absolute atomic E-state index is 0.362. The van der Waals surface area contributed by atoms with Crippen LogP contribution in [0.5, 0.6) is 5.75 Å². The summed E-state index contributed by atoms with van der Waals surface area (Å²) < 4.78 is 7.45. The van der Waals surface area contributed by atoms with E-state index >= 15 is 0 Å². The molecule has 0 bridgehead atoms. The van der Waals surface area contributed by atoms with E-state index in [1.165, 1.54) is 16.8 Å². The standard InChI is InChI=1S/C17H23N3O/c1-4-20-14(9-12(2)19-20)11-17-16-6-5-15(21-3)10-13(16)7-8-18-17/h5-6,9-10,17-18H,4,7-8,11H2,1-3H3. The van der Waals surface area contributed by atoms with Gasteiger partial charge in [-0.05, 0) is 56.1 Å². The van der Waals surface area contributed by atoms with Gasteiger partial charge in [-0.2, -0.15) is 5.10 Å². The van der Waals surface area contributed by atoms with Crippen LogP contribution in [0.15, 0.2) is 24.3 Å². The first-order chi connectivity index (χ1) is 10.2. The van der Waals surface area contributed by atoms with Crippen LogP contribution in [0.25, 0.3) is 0 Å². The largest absolute Gasteiger partial charge is 0.497 e. The number of rotatable bonds is 4. The van der Waals surface area contributed by atoms with Gasteiger partial charge >= 0.3 is 0 Å². The molecule has 0 amide bonds. The molecule has 1 unspecified atom stereocenters. The van der Waals surface area contributed by atoms with E-state index in [9.17, 15) is 0 Å². The number of benzene rings is 1. The lowest BCUT2D eigenvalue weighted by Gasteiger charge is -2.27. The van der Waals surface area contributed by atoms with Gasteiger partial charge in [0.05, 0.1) is 12.8 Å². The molecule has 1 aliphatic heterocycles. The molecule has 3 rings (SSSR count). The Hall–Kier alpha value is -1.81. The van der Waals surface area contributed by atoms with Crippen LogP contribution in [0.3, 0.4) is 0 Å². The normalized spacial score (nSPS) is 17.6. The van der Waals surface area contributed by atoms with Gasteiger partial charge in [-0.3, -0.25) is 4.68 Å². The molecule has 112 valence electrons. The maximum Gasteiger partial charge on any atom is 0.119 e. The monoisotopic (exact) mass is 285 g/mol. The van der Waals surface area contributed by atoms with E-state index < -0.39 is 0 Å². The first-order valence-corrected chi connectivity index (χ1v) is 7.64. The first-order valence-electron chi connectivity index (χ1n) is 7.64. The number of aromatic nitrogens is 2. The van der Waals surface area contributed by atoms with Crippen LogP contribution in [-0.2, 0) is 19.4 Å². The quantitative estimate of drug-likeness (QED) is 0.938. The van der Waals surface area contributed by atoms with Crippen molar-refractivity contribution in [3.63, 3.8) is 0 Å². The van der Waals surface area contributed by atoms with Crippen LogP contribution < -0.4 is 10.1 Å². The Labute approximate surface area is 126 Å². The van der Waals surface area contributed by atoms with Crippen LogP contribution in [0.2, 0.25) is 0 Å². The molecule has 0 radical (unpaired) electrons. The van der Waals surface area contributed by atoms with Gasteiger partial charge in [-0.15, -0.1) is 0 Å². The Bertz CT molecular complexity index is 633. The summed E-state index contributed by atoms with van der Waals surface area (Å²) in [7, 11) is 1.73. The Morgan fingerprint density at radius 2 is 2.24 bits per heavy atom. The number of nitrogens with zero attached hydrogens (tertiary/aromatic N) is 2. The second-order valence-corrected chi connectivity index (χ2v) is 5.62. The molecule has 0 aliphatic carbocycles. The molecule has 2 aromatic rings. The van der Waals surface area contributed by atoms with E-state index in [2.05, 4.69) is 53.2 Å². The molecular formula is C17H23N3O. The van der Waals surface area contributed by atoms with Gasteiger partial charge in [-0.25, -0.2) is 0 Å². The third kappa shape index (κ3) is 2.81. The highest BCUT2D eigenvalue weighted by Crippen LogP contribution is 2.29. The van der Waals surface area contributed by atoms with Gasteiger partial charge in [-0.1, -0.05) is 6.07 Å². The maximum absolute atomic E-state index is 5.34. The summed E-state index contributed by atoms with van der Waals surface area (Å²) >= 11 is 0. The third-order valence-corrected chi connectivity index (χ3v) is 4.21. The van der Waals surface area contributed by atoms with E-state index in [1.54, 1.807) is 7.11 Å². The van der Waals surface area contributed by atoms with Crippen molar-refractivity contribution in [2.75, 3.05) is 13.7 Å². The number of methoxy groups -OCH3 is 1. The van der Waals surface area contributed by atoms with Crippen molar-refractivity contribution >= 4 is 0 Å². The van der Waals surface area contributed by atoms with Crippen LogP contribution in [0.1, 0.15) is 35.5 Å². The summed E-state index contributed by atoms with van der Waals surface area (Å²) in [5.74, 6) is 0.948. The van der Waals surface area contributed by atoms with Gasteiger partial charge in [0.1, 0.15) is 5.75 Å². The highest BCUT2D eigenvalue weighted by atomic mass is 16.5. The van der Waals surface area contributed by atoms with Gasteiger partial charge in [0.15, 0.2) is 0 Å². The molecule has 0 fully saturated rings. The summed E-state index contributed by atoms with van der Waals surface area (Å²) in [6.45, 7) is 6.14. The zero-order valence-corrected chi connectivity index (χ0v) is 13.0. The molecule has 1 aromatic heterocycles. The molecule has 1 aliphatic rings. The van der Waals surface area contributed by atoms with Crippen LogP contribution >= 0.6 is 0 Å². The van der Waals surface area contributed by atoms with Crippen molar-refractivity contribution in [2.45, 2.75) is 39.3 Å². The van der Waals surface area contributed by atoms with Crippen LogP contribution in [-0.4, -0.2) is 23.4 Å². The fraction of sp³-hybridized carbons (Fsp3) is 0.471. The second kappa shape index (κ2) is 5.90. The lowest BCUT2D eigenvalue weighted by Crippen LogP contribution is -2.31. The van der Waals surface area contributed by atoms with Crippen molar-refractivity contribution in [1.82, 2.24) is 15.1 Å². The van der Waals surface area contributed by atoms with Crippen molar-refractivity contribution in [3.05, 3.63) is 46.8 Å². The third-order valence-electron chi connectivity index (χ3n) is 4.21. The first kappa shape index (κ1) is 14.1. The molecular weight excluding hydrogens is 262 g/mol. The number of hydrogen-bond acceptors (Lipinski definition) is 3. The van der Waals surface area contributed by atoms with Crippen molar-refractivity contribution < 1.29 is 4.74 Å². The number of hydrogen-bond donors (Lipinski definition) is 1. The van der Waals surface area contributed by atoms with E-state index in [0.29, 0.717) is 6.04 Å². The van der Waals surface area contributed by atoms with Gasteiger partial charge in [0.25, 0.3) is 0 Å². The van der Waals surface area contributed by atoms with Crippen molar-refractivity contribution in [1.29, 1.82) is 0 Å². The molecule has 1 aromatic carbocycles. The van der Waals surface area contributed by atoms with E-state index in [1.807, 2.05) is 0 Å². The molecule has 2 heterocycles. The SMILES string of the molecule is CCn1nc(C)cc1CC1NCCc2cc(OC)ccc21. The van der Waals surface area contributed by atoms with Gasteiger partial charge in [0.2, 0.25) is 0 Å². The predicted octanol–water partition coefficient (Wildman–Crippen LogP) is 2.65. The molecule has 1 N–H and O–H groups in total. The average molecular weight is 285 g/mol. The number of fused-ring (bicyclic) bond motifs is 1. The average Bonchev–Trinajstić information content (AvgIpc) is 2.86. The highest BCUT2D eigenvalue weighted by molar-refractivity contribution is 5.39. The predicted molar refractivity (Wildman–Crippen MR) is 83.8 cm³/mol. The van der Waals surface area contributed by atoms with E-state index in [-0.39, 0.29) is 0 Å². The minimum Gasteiger partial charge on any atom is -0.497 e. The summed E-state index contributed by atoms with van der Waals surface area (Å²) in [4.78, 5) is 0. The summed E-state index contributed by atoms with van der Waals surface area (Å²) in [6.07, 6.45) is 2.04. The second-order valence-electron chi connectivity index (χ2n) is 5.62. The minimum atomic E-state index is 0.362. The smallest absolute Gasteiger partial charge is 0.119 e. The van der Waals surface area contributed by atoms with E-state index in [4.69, 9.17) is 4.74 Å². The maximum atomic E-state index is 5.34. The highest BCUT2D eigenvalue weighted by Gasteiger charge is 2.21. The van der Waals surface area contributed by atoms with Crippen LogP contribution in [0, 0.1) is 6.92 Å². The fourth-order valence-electron chi connectivity index (χ4n) is 3.19. The summed E-state index contributed by atoms with van der Waals surface area (Å²) in [5, 5.41) is 8.19. The molecule has 21 heavy (non-hydrogen) atoms. The summed E-state index contributed by atoms with van der Waals surface area (Å²) in [6, 6.07) is 8.99. The Kier molecular flexibility index (Phi) is 3.97. The molecule has 1 atom stereocenters. The molecule has 4 nitrogen and oxygen atoms in total. The zero-order chi connectivity index (χ0) is 14.8. The lowest BCUT2D eigenvalue weighted by molar-refractivity contribution is 0.411. The molecule has 0 saturated carbocycles. The Balaban J connectivity index is 1.88. The topological polar surface area (TPSA) is 39.1 Å². The molecule has 0 spiro atoms. The van der Waals surface area contributed by atoms with Gasteiger partial charge in [0, 0.05) is 24.7 Å². The van der Waals surface area contributed by atoms with Crippen molar-refractivity contribution in [2.24, 2.45) is 0 Å². The fourth-order valence-corrected chi connectivity index (χ4v) is 3.19. The lowest BCUT2D eigenvalue weighted by atomic mass is 9.91. The van der Waals surface area contributed by atoms with Crippen LogP contribution in [0.4, 0.5) is 0 Å². The van der Waals surface area contributed by atoms with Gasteiger partial charge < -0.3 is 10.1 Å². The number of nitrogens with one attached hydrogen (secondary N) is 1. The summed E-state index contributed by atoms with van der Waals surface area (Å²) in [5.41, 5.74) is 5.19. The molecule has 0 saturated heterocycles. The Morgan fingerprint density at radius 3 is 3.00 bits per heavy atom.